The van der Waals surface area contributed by atoms with Crippen LogP contribution < -0.4 is 5.32 Å². The van der Waals surface area contributed by atoms with E-state index in [4.69, 9.17) is 4.42 Å². The Labute approximate surface area is 190 Å². The number of amides is 1. The SMILES string of the molecule is CC(CCc1ccccc1)NC(=O)c1ccccc1-c1ncc(-c2cccc(Br)c2)o1. The topological polar surface area (TPSA) is 55.1 Å². The summed E-state index contributed by atoms with van der Waals surface area (Å²) in [4.78, 5) is 17.4. The molecule has 1 aromatic heterocycles. The number of nitrogens with one attached hydrogen (secondary N) is 1. The molecule has 1 N–H and O–H groups in total. The third kappa shape index (κ3) is 5.30. The maximum atomic E-state index is 13.0. The molecular formula is C26H23BrN2O2. The minimum Gasteiger partial charge on any atom is -0.436 e. The number of hydrogen-bond donors (Lipinski definition) is 1. The molecule has 4 aromatic rings. The van der Waals surface area contributed by atoms with Crippen molar-refractivity contribution in [3.05, 3.63) is 101 Å². The van der Waals surface area contributed by atoms with E-state index in [0.29, 0.717) is 22.8 Å². The number of aromatic nitrogens is 1. The summed E-state index contributed by atoms with van der Waals surface area (Å²) in [7, 11) is 0. The van der Waals surface area contributed by atoms with E-state index in [9.17, 15) is 4.79 Å². The van der Waals surface area contributed by atoms with Gasteiger partial charge in [0, 0.05) is 21.6 Å². The second-order valence-corrected chi connectivity index (χ2v) is 8.40. The number of oxazole rings is 1. The Balaban J connectivity index is 1.49. The first kappa shape index (κ1) is 21.1. The number of hydrogen-bond acceptors (Lipinski definition) is 3. The first-order chi connectivity index (χ1) is 15.1. The van der Waals surface area contributed by atoms with Crippen LogP contribution in [0.4, 0.5) is 0 Å². The van der Waals surface area contributed by atoms with Gasteiger partial charge in [-0.2, -0.15) is 0 Å². The summed E-state index contributed by atoms with van der Waals surface area (Å²) in [6.07, 6.45) is 3.47. The number of nitrogens with zero attached hydrogens (tertiary/aromatic N) is 1. The predicted octanol–water partition coefficient (Wildman–Crippen LogP) is 6.52. The number of halogens is 1. The highest BCUT2D eigenvalue weighted by Crippen LogP contribution is 2.29. The summed E-state index contributed by atoms with van der Waals surface area (Å²) < 4.78 is 6.96. The van der Waals surface area contributed by atoms with Gasteiger partial charge in [-0.3, -0.25) is 4.79 Å². The Morgan fingerprint density at radius 2 is 1.81 bits per heavy atom. The van der Waals surface area contributed by atoms with Crippen molar-refractivity contribution < 1.29 is 9.21 Å². The average Bonchev–Trinajstić information content (AvgIpc) is 3.29. The molecular weight excluding hydrogens is 452 g/mol. The van der Waals surface area contributed by atoms with E-state index in [0.717, 1.165) is 22.9 Å². The molecule has 5 heteroatoms. The van der Waals surface area contributed by atoms with Gasteiger partial charge in [-0.05, 0) is 49.6 Å². The van der Waals surface area contributed by atoms with Crippen LogP contribution in [0, 0.1) is 0 Å². The van der Waals surface area contributed by atoms with Crippen LogP contribution in [-0.2, 0) is 6.42 Å². The summed E-state index contributed by atoms with van der Waals surface area (Å²) >= 11 is 3.48. The molecule has 1 unspecified atom stereocenters. The van der Waals surface area contributed by atoms with E-state index < -0.39 is 0 Å². The van der Waals surface area contributed by atoms with Crippen molar-refractivity contribution in [1.29, 1.82) is 0 Å². The number of carbonyl (C=O) groups excluding carboxylic acids is 1. The van der Waals surface area contributed by atoms with Gasteiger partial charge >= 0.3 is 0 Å². The zero-order valence-electron chi connectivity index (χ0n) is 17.2. The van der Waals surface area contributed by atoms with Crippen molar-refractivity contribution >= 4 is 21.8 Å². The van der Waals surface area contributed by atoms with Crippen LogP contribution in [0.15, 0.2) is 93.9 Å². The number of aryl methyl sites for hydroxylation is 1. The van der Waals surface area contributed by atoms with E-state index in [1.165, 1.54) is 5.56 Å². The Kier molecular flexibility index (Phi) is 6.63. The van der Waals surface area contributed by atoms with Gasteiger partial charge in [-0.15, -0.1) is 0 Å². The average molecular weight is 475 g/mol. The van der Waals surface area contributed by atoms with E-state index in [1.54, 1.807) is 12.3 Å². The maximum absolute atomic E-state index is 13.0. The molecule has 1 atom stereocenters. The summed E-state index contributed by atoms with van der Waals surface area (Å²) in [5.41, 5.74) is 3.42. The van der Waals surface area contributed by atoms with Crippen LogP contribution in [0.3, 0.4) is 0 Å². The Morgan fingerprint density at radius 3 is 2.61 bits per heavy atom. The van der Waals surface area contributed by atoms with Gasteiger partial charge in [0.25, 0.3) is 5.91 Å². The summed E-state index contributed by atoms with van der Waals surface area (Å²) in [5, 5.41) is 3.11. The Bertz CT molecular complexity index is 1170. The quantitative estimate of drug-likeness (QED) is 0.331. The number of benzene rings is 3. The summed E-state index contributed by atoms with van der Waals surface area (Å²) in [6.45, 7) is 2.03. The van der Waals surface area contributed by atoms with Crippen LogP contribution >= 0.6 is 15.9 Å². The molecule has 4 rings (SSSR count). The molecule has 0 aliphatic heterocycles. The highest BCUT2D eigenvalue weighted by atomic mass is 79.9. The summed E-state index contributed by atoms with van der Waals surface area (Å²) in [6, 6.07) is 25.6. The highest BCUT2D eigenvalue weighted by molar-refractivity contribution is 9.10. The molecule has 0 bridgehead atoms. The second-order valence-electron chi connectivity index (χ2n) is 7.48. The first-order valence-electron chi connectivity index (χ1n) is 10.3. The van der Waals surface area contributed by atoms with Gasteiger partial charge in [-0.1, -0.05) is 70.5 Å². The molecule has 156 valence electrons. The molecule has 0 fully saturated rings. The third-order valence-corrected chi connectivity index (χ3v) is 5.60. The van der Waals surface area contributed by atoms with Crippen LogP contribution in [-0.4, -0.2) is 16.9 Å². The zero-order valence-corrected chi connectivity index (χ0v) is 18.8. The number of carbonyl (C=O) groups is 1. The molecule has 0 aliphatic carbocycles. The lowest BCUT2D eigenvalue weighted by atomic mass is 10.0. The van der Waals surface area contributed by atoms with Crippen LogP contribution in [0.25, 0.3) is 22.8 Å². The molecule has 0 spiro atoms. The van der Waals surface area contributed by atoms with Crippen LogP contribution in [0.1, 0.15) is 29.3 Å². The lowest BCUT2D eigenvalue weighted by molar-refractivity contribution is 0.0939. The van der Waals surface area contributed by atoms with Crippen LogP contribution in [0.2, 0.25) is 0 Å². The zero-order chi connectivity index (χ0) is 21.6. The highest BCUT2D eigenvalue weighted by Gasteiger charge is 2.18. The molecule has 0 radical (unpaired) electrons. The molecule has 0 aliphatic rings. The maximum Gasteiger partial charge on any atom is 0.252 e. The van der Waals surface area contributed by atoms with E-state index in [1.807, 2.05) is 67.6 Å². The smallest absolute Gasteiger partial charge is 0.252 e. The second kappa shape index (κ2) is 9.75. The fourth-order valence-electron chi connectivity index (χ4n) is 3.44. The van der Waals surface area contributed by atoms with Gasteiger partial charge in [0.15, 0.2) is 5.76 Å². The minimum absolute atomic E-state index is 0.0440. The first-order valence-corrected chi connectivity index (χ1v) is 11.1. The molecule has 4 nitrogen and oxygen atoms in total. The van der Waals surface area contributed by atoms with Crippen molar-refractivity contribution in [1.82, 2.24) is 10.3 Å². The van der Waals surface area contributed by atoms with Crippen molar-refractivity contribution in [3.63, 3.8) is 0 Å². The lowest BCUT2D eigenvalue weighted by Crippen LogP contribution is -2.33. The third-order valence-electron chi connectivity index (χ3n) is 5.10. The van der Waals surface area contributed by atoms with Crippen LogP contribution in [0.5, 0.6) is 0 Å². The van der Waals surface area contributed by atoms with E-state index >= 15 is 0 Å². The predicted molar refractivity (Wildman–Crippen MR) is 127 cm³/mol. The van der Waals surface area contributed by atoms with Crippen molar-refractivity contribution in [2.24, 2.45) is 0 Å². The van der Waals surface area contributed by atoms with Gasteiger partial charge in [-0.25, -0.2) is 4.98 Å². The van der Waals surface area contributed by atoms with Crippen molar-refractivity contribution in [2.75, 3.05) is 0 Å². The van der Waals surface area contributed by atoms with E-state index in [2.05, 4.69) is 38.4 Å². The van der Waals surface area contributed by atoms with E-state index in [-0.39, 0.29) is 11.9 Å². The Morgan fingerprint density at radius 1 is 1.03 bits per heavy atom. The van der Waals surface area contributed by atoms with Gasteiger partial charge < -0.3 is 9.73 Å². The Hall–Kier alpha value is -3.18. The molecule has 1 heterocycles. The normalized spacial score (nSPS) is 11.8. The monoisotopic (exact) mass is 474 g/mol. The number of rotatable bonds is 7. The molecule has 3 aromatic carbocycles. The van der Waals surface area contributed by atoms with Crippen molar-refractivity contribution in [2.45, 2.75) is 25.8 Å². The summed E-state index contributed by atoms with van der Waals surface area (Å²) in [5.74, 6) is 0.957. The van der Waals surface area contributed by atoms with Gasteiger partial charge in [0.2, 0.25) is 5.89 Å². The fourth-order valence-corrected chi connectivity index (χ4v) is 3.84. The van der Waals surface area contributed by atoms with Crippen molar-refractivity contribution in [3.8, 4) is 22.8 Å². The molecule has 31 heavy (non-hydrogen) atoms. The largest absolute Gasteiger partial charge is 0.436 e. The molecule has 0 saturated heterocycles. The molecule has 1 amide bonds. The lowest BCUT2D eigenvalue weighted by Gasteiger charge is -2.15. The van der Waals surface area contributed by atoms with Gasteiger partial charge in [0.1, 0.15) is 0 Å². The molecule has 0 saturated carbocycles. The standard InChI is InChI=1S/C26H23BrN2O2/c1-18(14-15-19-8-3-2-4-9-19)29-25(30)22-12-5-6-13-23(22)26-28-17-24(31-26)20-10-7-11-21(27)16-20/h2-13,16-18H,14-15H2,1H3,(H,29,30). The fraction of sp³-hybridized carbons (Fsp3) is 0.154. The van der Waals surface area contributed by atoms with Gasteiger partial charge in [0.05, 0.1) is 11.8 Å². The minimum atomic E-state index is -0.127.